The molecule has 1 unspecified atom stereocenters. The third-order valence-electron chi connectivity index (χ3n) is 4.89. The van der Waals surface area contributed by atoms with Gasteiger partial charge in [-0.05, 0) is 31.2 Å². The van der Waals surface area contributed by atoms with E-state index < -0.39 is 14.4 Å². The molecule has 5 rings (SSSR count). The molecule has 0 saturated heterocycles. The molecule has 2 aromatic heterocycles. The fourth-order valence-corrected chi connectivity index (χ4v) is 6.44. The average molecular weight is 448 g/mol. The summed E-state index contributed by atoms with van der Waals surface area (Å²) in [6, 6.07) is 19.7. The SMILES string of the molecule is Cc1ccc(C2=Nn3c(nnc3-c3ccncc3)SC2S(=O)(=O)c2ccccc2)cc1. The molecule has 0 N–H and O–H groups in total. The van der Waals surface area contributed by atoms with Gasteiger partial charge in [0.1, 0.15) is 0 Å². The molecule has 154 valence electrons. The number of aryl methyl sites for hydroxylation is 1. The van der Waals surface area contributed by atoms with E-state index in [1.54, 1.807) is 47.4 Å². The van der Waals surface area contributed by atoms with E-state index in [4.69, 9.17) is 5.10 Å². The van der Waals surface area contributed by atoms with Crippen LogP contribution in [0.3, 0.4) is 0 Å². The van der Waals surface area contributed by atoms with Crippen LogP contribution >= 0.6 is 11.8 Å². The summed E-state index contributed by atoms with van der Waals surface area (Å²) in [5.74, 6) is 0.532. The van der Waals surface area contributed by atoms with Gasteiger partial charge in [-0.2, -0.15) is 9.78 Å². The summed E-state index contributed by atoms with van der Waals surface area (Å²) in [6.45, 7) is 1.98. The zero-order valence-corrected chi connectivity index (χ0v) is 18.1. The first-order chi connectivity index (χ1) is 15.0. The predicted molar refractivity (Wildman–Crippen MR) is 120 cm³/mol. The number of fused-ring (bicyclic) bond motifs is 1. The lowest BCUT2D eigenvalue weighted by Gasteiger charge is -2.23. The third-order valence-corrected chi connectivity index (χ3v) is 8.56. The van der Waals surface area contributed by atoms with Crippen molar-refractivity contribution in [2.45, 2.75) is 21.6 Å². The maximum atomic E-state index is 13.6. The van der Waals surface area contributed by atoms with E-state index in [0.717, 1.165) is 28.5 Å². The Morgan fingerprint density at radius 1 is 0.871 bits per heavy atom. The summed E-state index contributed by atoms with van der Waals surface area (Å²) in [6.07, 6.45) is 3.33. The van der Waals surface area contributed by atoms with Gasteiger partial charge in [0.2, 0.25) is 5.16 Å². The summed E-state index contributed by atoms with van der Waals surface area (Å²) >= 11 is 1.14. The van der Waals surface area contributed by atoms with Gasteiger partial charge in [0.15, 0.2) is 20.2 Å². The van der Waals surface area contributed by atoms with Gasteiger partial charge in [-0.1, -0.05) is 59.8 Å². The number of rotatable bonds is 4. The second-order valence-electron chi connectivity index (χ2n) is 7.01. The molecule has 0 amide bonds. The van der Waals surface area contributed by atoms with Crippen LogP contribution in [0.15, 0.2) is 94.3 Å². The minimum atomic E-state index is -3.73. The molecule has 0 saturated carbocycles. The topological polar surface area (TPSA) is 90.1 Å². The molecule has 1 aliphatic rings. The van der Waals surface area contributed by atoms with Crippen LogP contribution in [0.1, 0.15) is 11.1 Å². The number of nitrogens with zero attached hydrogens (tertiary/aromatic N) is 5. The van der Waals surface area contributed by atoms with E-state index in [1.807, 2.05) is 43.3 Å². The van der Waals surface area contributed by atoms with E-state index in [2.05, 4.69) is 15.2 Å². The highest BCUT2D eigenvalue weighted by Gasteiger charge is 2.39. The summed E-state index contributed by atoms with van der Waals surface area (Å²) in [5.41, 5.74) is 3.06. The van der Waals surface area contributed by atoms with Crippen LogP contribution in [0.25, 0.3) is 11.4 Å². The van der Waals surface area contributed by atoms with Crippen molar-refractivity contribution in [3.8, 4) is 11.4 Å². The second-order valence-corrected chi connectivity index (χ2v) is 10.4. The predicted octanol–water partition coefficient (Wildman–Crippen LogP) is 3.81. The van der Waals surface area contributed by atoms with E-state index in [-0.39, 0.29) is 4.90 Å². The summed E-state index contributed by atoms with van der Waals surface area (Å²) in [7, 11) is -3.73. The van der Waals surface area contributed by atoms with E-state index in [0.29, 0.717) is 16.7 Å². The van der Waals surface area contributed by atoms with Crippen molar-refractivity contribution < 1.29 is 8.42 Å². The molecule has 0 fully saturated rings. The number of pyridine rings is 1. The van der Waals surface area contributed by atoms with E-state index >= 15 is 0 Å². The van der Waals surface area contributed by atoms with Gasteiger partial charge in [0, 0.05) is 23.5 Å². The zero-order chi connectivity index (χ0) is 21.4. The molecule has 2 aromatic carbocycles. The van der Waals surface area contributed by atoms with E-state index in [1.165, 1.54) is 0 Å². The second kappa shape index (κ2) is 7.75. The highest BCUT2D eigenvalue weighted by Crippen LogP contribution is 2.37. The molecule has 0 bridgehead atoms. The number of hydrogen-bond donors (Lipinski definition) is 0. The van der Waals surface area contributed by atoms with E-state index in [9.17, 15) is 8.42 Å². The Morgan fingerprint density at radius 2 is 1.58 bits per heavy atom. The van der Waals surface area contributed by atoms with Gasteiger partial charge in [-0.25, -0.2) is 8.42 Å². The van der Waals surface area contributed by atoms with Crippen molar-refractivity contribution in [1.29, 1.82) is 0 Å². The molecule has 0 aliphatic carbocycles. The molecule has 0 radical (unpaired) electrons. The molecule has 3 heterocycles. The van der Waals surface area contributed by atoms with Gasteiger partial charge in [-0.3, -0.25) is 4.98 Å². The van der Waals surface area contributed by atoms with Crippen LogP contribution in [0.2, 0.25) is 0 Å². The van der Waals surface area contributed by atoms with Crippen molar-refractivity contribution in [2.75, 3.05) is 0 Å². The van der Waals surface area contributed by atoms with Crippen molar-refractivity contribution in [3.05, 3.63) is 90.3 Å². The summed E-state index contributed by atoms with van der Waals surface area (Å²) in [5, 5.41) is 13.6. The third kappa shape index (κ3) is 3.55. The van der Waals surface area contributed by atoms with Crippen molar-refractivity contribution in [3.63, 3.8) is 0 Å². The molecular weight excluding hydrogens is 430 g/mol. The lowest BCUT2D eigenvalue weighted by molar-refractivity contribution is 0.597. The molecule has 0 spiro atoms. The Bertz CT molecular complexity index is 1370. The standard InChI is InChI=1S/C22H17N5O2S2/c1-15-7-9-16(10-8-15)19-21(31(28,29)18-5-3-2-4-6-18)30-22-25-24-20(27(22)26-19)17-11-13-23-14-12-17/h2-14,21H,1H3. The highest BCUT2D eigenvalue weighted by molar-refractivity contribution is 8.14. The largest absolute Gasteiger partial charge is 0.265 e. The van der Waals surface area contributed by atoms with Crippen molar-refractivity contribution >= 4 is 27.3 Å². The lowest BCUT2D eigenvalue weighted by atomic mass is 10.1. The highest BCUT2D eigenvalue weighted by atomic mass is 32.3. The first-order valence-corrected chi connectivity index (χ1v) is 11.9. The Kier molecular flexibility index (Phi) is 4.91. The molecule has 4 aromatic rings. The van der Waals surface area contributed by atoms with Gasteiger partial charge in [0.05, 0.1) is 10.6 Å². The van der Waals surface area contributed by atoms with Gasteiger partial charge < -0.3 is 0 Å². The monoisotopic (exact) mass is 447 g/mol. The number of benzene rings is 2. The molecule has 31 heavy (non-hydrogen) atoms. The molecule has 1 atom stereocenters. The first kappa shape index (κ1) is 19.7. The minimum absolute atomic E-state index is 0.245. The fourth-order valence-electron chi connectivity index (χ4n) is 3.28. The number of thioether (sulfide) groups is 1. The van der Waals surface area contributed by atoms with Gasteiger partial charge in [-0.15, -0.1) is 10.2 Å². The molecule has 7 nitrogen and oxygen atoms in total. The summed E-state index contributed by atoms with van der Waals surface area (Å²) < 4.78 is 27.8. The Morgan fingerprint density at radius 3 is 2.29 bits per heavy atom. The van der Waals surface area contributed by atoms with Gasteiger partial charge in [0.25, 0.3) is 0 Å². The normalized spacial score (nSPS) is 15.9. The number of hydrogen-bond acceptors (Lipinski definition) is 7. The maximum absolute atomic E-state index is 13.6. The Balaban J connectivity index is 1.69. The smallest absolute Gasteiger partial charge is 0.214 e. The summed E-state index contributed by atoms with van der Waals surface area (Å²) in [4.78, 5) is 4.28. The van der Waals surface area contributed by atoms with Crippen LogP contribution in [-0.4, -0.2) is 38.6 Å². The van der Waals surface area contributed by atoms with Crippen LogP contribution in [-0.2, 0) is 9.84 Å². The van der Waals surface area contributed by atoms with Crippen molar-refractivity contribution in [1.82, 2.24) is 19.9 Å². The van der Waals surface area contributed by atoms with Crippen LogP contribution in [0.5, 0.6) is 0 Å². The van der Waals surface area contributed by atoms with Crippen LogP contribution < -0.4 is 0 Å². The maximum Gasteiger partial charge on any atom is 0.214 e. The Hall–Kier alpha value is -3.30. The van der Waals surface area contributed by atoms with Gasteiger partial charge >= 0.3 is 0 Å². The van der Waals surface area contributed by atoms with Crippen LogP contribution in [0.4, 0.5) is 0 Å². The first-order valence-electron chi connectivity index (χ1n) is 9.51. The number of aromatic nitrogens is 4. The average Bonchev–Trinajstić information content (AvgIpc) is 3.23. The molecule has 9 heteroatoms. The molecular formula is C22H17N5O2S2. The quantitative estimate of drug-likeness (QED) is 0.473. The van der Waals surface area contributed by atoms with Crippen LogP contribution in [0, 0.1) is 6.92 Å². The minimum Gasteiger partial charge on any atom is -0.265 e. The Labute approximate surface area is 183 Å². The molecule has 1 aliphatic heterocycles. The van der Waals surface area contributed by atoms with Crippen molar-refractivity contribution in [2.24, 2.45) is 5.10 Å². The zero-order valence-electron chi connectivity index (χ0n) is 16.5. The number of sulfone groups is 1. The fraction of sp³-hybridized carbons (Fsp3) is 0.0909. The lowest BCUT2D eigenvalue weighted by Crippen LogP contribution is -2.32.